The highest BCUT2D eigenvalue weighted by Crippen LogP contribution is 2.25. The summed E-state index contributed by atoms with van der Waals surface area (Å²) in [7, 11) is 1.62. The van der Waals surface area contributed by atoms with Gasteiger partial charge >= 0.3 is 0 Å². The van der Waals surface area contributed by atoms with Crippen LogP contribution in [0.25, 0.3) is 21.9 Å². The number of nitrogens with one attached hydrogen (secondary N) is 1. The van der Waals surface area contributed by atoms with E-state index >= 15 is 0 Å². The van der Waals surface area contributed by atoms with Gasteiger partial charge in [0.05, 0.1) is 25.5 Å². The van der Waals surface area contributed by atoms with E-state index in [-0.39, 0.29) is 18.0 Å². The van der Waals surface area contributed by atoms with Crippen LogP contribution in [-0.2, 0) is 24.3 Å². The lowest BCUT2D eigenvalue weighted by Gasteiger charge is -2.10. The summed E-state index contributed by atoms with van der Waals surface area (Å²) in [4.78, 5) is 31.1. The maximum absolute atomic E-state index is 13.6. The predicted octanol–water partition coefficient (Wildman–Crippen LogP) is 3.77. The smallest absolute Gasteiger partial charge is 0.278 e. The lowest BCUT2D eigenvalue weighted by molar-refractivity contribution is -0.121. The van der Waals surface area contributed by atoms with Crippen LogP contribution in [0, 0.1) is 0 Å². The van der Waals surface area contributed by atoms with Crippen LogP contribution in [0.2, 0.25) is 0 Å². The molecule has 1 N–H and O–H groups in total. The highest BCUT2D eigenvalue weighted by atomic mass is 16.5. The second kappa shape index (κ2) is 9.85. The van der Waals surface area contributed by atoms with E-state index in [0.29, 0.717) is 24.1 Å². The number of benzene rings is 3. The molecule has 0 aliphatic rings. The summed E-state index contributed by atoms with van der Waals surface area (Å²) in [5.41, 5.74) is 3.78. The third-order valence-electron chi connectivity index (χ3n) is 6.13. The number of hydrogen-bond acceptors (Lipinski definition) is 4. The van der Waals surface area contributed by atoms with Gasteiger partial charge in [0.1, 0.15) is 23.3 Å². The van der Waals surface area contributed by atoms with Crippen LogP contribution in [0.4, 0.5) is 0 Å². The number of rotatable bonds is 8. The predicted molar refractivity (Wildman–Crippen MR) is 137 cm³/mol. The lowest BCUT2D eigenvalue weighted by Crippen LogP contribution is -2.30. The molecule has 5 aromatic rings. The molecule has 0 saturated carbocycles. The average Bonchev–Trinajstić information content (AvgIpc) is 3.21. The van der Waals surface area contributed by atoms with Crippen LogP contribution in [0.5, 0.6) is 5.75 Å². The molecule has 0 aliphatic heterocycles. The molecule has 0 saturated heterocycles. The molecule has 0 unspecified atom stereocenters. The Hall–Kier alpha value is -4.39. The Morgan fingerprint density at radius 2 is 1.69 bits per heavy atom. The van der Waals surface area contributed by atoms with Crippen molar-refractivity contribution in [3.63, 3.8) is 0 Å². The number of ether oxygens (including phenoxy) is 1. The second-order valence-electron chi connectivity index (χ2n) is 8.41. The zero-order chi connectivity index (χ0) is 24.2. The van der Waals surface area contributed by atoms with Crippen LogP contribution >= 0.6 is 0 Å². The van der Waals surface area contributed by atoms with Crippen molar-refractivity contribution < 1.29 is 9.53 Å². The van der Waals surface area contributed by atoms with Crippen molar-refractivity contribution in [3.05, 3.63) is 107 Å². The summed E-state index contributed by atoms with van der Waals surface area (Å²) in [6.07, 6.45) is 2.32. The molecule has 1 amide bonds. The van der Waals surface area contributed by atoms with E-state index in [1.54, 1.807) is 22.6 Å². The quantitative estimate of drug-likeness (QED) is 0.378. The minimum Gasteiger partial charge on any atom is -0.497 e. The van der Waals surface area contributed by atoms with Gasteiger partial charge in [0.25, 0.3) is 5.56 Å². The summed E-state index contributed by atoms with van der Waals surface area (Å²) in [6.45, 7) is 0.943. The van der Waals surface area contributed by atoms with Gasteiger partial charge in [-0.3, -0.25) is 14.2 Å². The summed E-state index contributed by atoms with van der Waals surface area (Å²) in [5.74, 6) is 0.613. The van der Waals surface area contributed by atoms with E-state index in [1.165, 1.54) is 0 Å². The molecule has 176 valence electrons. The first kappa shape index (κ1) is 22.4. The SMILES string of the molecule is COc1ccc(Cn2cnc3c4ccccc4n(CC(=O)NCCc4ccccc4)c3c2=O)cc1. The zero-order valence-electron chi connectivity index (χ0n) is 19.5. The summed E-state index contributed by atoms with van der Waals surface area (Å²) >= 11 is 0. The highest BCUT2D eigenvalue weighted by molar-refractivity contribution is 6.06. The number of para-hydroxylation sites is 1. The van der Waals surface area contributed by atoms with Gasteiger partial charge in [0.15, 0.2) is 0 Å². The number of aromatic nitrogens is 3. The molecule has 2 heterocycles. The molecule has 7 heteroatoms. The van der Waals surface area contributed by atoms with Crippen molar-refractivity contribution in [1.82, 2.24) is 19.4 Å². The Bertz CT molecular complexity index is 1540. The van der Waals surface area contributed by atoms with Crippen molar-refractivity contribution in [2.45, 2.75) is 19.5 Å². The Morgan fingerprint density at radius 1 is 0.943 bits per heavy atom. The minimum absolute atomic E-state index is 0.0439. The lowest BCUT2D eigenvalue weighted by atomic mass is 10.1. The van der Waals surface area contributed by atoms with E-state index in [4.69, 9.17) is 4.74 Å². The van der Waals surface area contributed by atoms with Gasteiger partial charge in [0, 0.05) is 11.9 Å². The second-order valence-corrected chi connectivity index (χ2v) is 8.41. The molecule has 3 aromatic carbocycles. The van der Waals surface area contributed by atoms with Crippen molar-refractivity contribution >= 4 is 27.8 Å². The number of methoxy groups -OCH3 is 1. The molecular weight excluding hydrogens is 440 g/mol. The molecule has 0 radical (unpaired) electrons. The fraction of sp³-hybridized carbons (Fsp3) is 0.179. The Kier molecular flexibility index (Phi) is 6.30. The maximum Gasteiger partial charge on any atom is 0.278 e. The largest absolute Gasteiger partial charge is 0.497 e. The number of carbonyl (C=O) groups is 1. The molecule has 0 spiro atoms. The summed E-state index contributed by atoms with van der Waals surface area (Å²) in [5, 5.41) is 3.84. The fourth-order valence-electron chi connectivity index (χ4n) is 4.34. The first-order valence-electron chi connectivity index (χ1n) is 11.5. The summed E-state index contributed by atoms with van der Waals surface area (Å²) < 4.78 is 8.57. The van der Waals surface area contributed by atoms with Crippen molar-refractivity contribution in [2.75, 3.05) is 13.7 Å². The van der Waals surface area contributed by atoms with Crippen LogP contribution in [-0.4, -0.2) is 33.7 Å². The van der Waals surface area contributed by atoms with Gasteiger partial charge in [-0.25, -0.2) is 4.98 Å². The van der Waals surface area contributed by atoms with Gasteiger partial charge < -0.3 is 14.6 Å². The number of nitrogens with zero attached hydrogens (tertiary/aromatic N) is 3. The van der Waals surface area contributed by atoms with Crippen molar-refractivity contribution in [3.8, 4) is 5.75 Å². The third kappa shape index (κ3) is 4.66. The highest BCUT2D eigenvalue weighted by Gasteiger charge is 2.18. The molecule has 35 heavy (non-hydrogen) atoms. The van der Waals surface area contributed by atoms with E-state index in [2.05, 4.69) is 10.3 Å². The average molecular weight is 467 g/mol. The van der Waals surface area contributed by atoms with E-state index in [0.717, 1.165) is 34.2 Å². The number of amides is 1. The van der Waals surface area contributed by atoms with Crippen molar-refractivity contribution in [1.29, 1.82) is 0 Å². The van der Waals surface area contributed by atoms with Crippen LogP contribution in [0.3, 0.4) is 0 Å². The van der Waals surface area contributed by atoms with Crippen LogP contribution < -0.4 is 15.6 Å². The molecule has 0 aliphatic carbocycles. The van der Waals surface area contributed by atoms with E-state index in [9.17, 15) is 9.59 Å². The number of fused-ring (bicyclic) bond motifs is 3. The molecule has 2 aromatic heterocycles. The van der Waals surface area contributed by atoms with Gasteiger partial charge in [-0.05, 0) is 35.7 Å². The van der Waals surface area contributed by atoms with Gasteiger partial charge in [-0.15, -0.1) is 0 Å². The first-order chi connectivity index (χ1) is 17.1. The van der Waals surface area contributed by atoms with Crippen LogP contribution in [0.1, 0.15) is 11.1 Å². The van der Waals surface area contributed by atoms with Crippen LogP contribution in [0.15, 0.2) is 90.0 Å². The first-order valence-corrected chi connectivity index (χ1v) is 11.5. The molecular formula is C28H26N4O3. The van der Waals surface area contributed by atoms with E-state index in [1.807, 2.05) is 78.9 Å². The maximum atomic E-state index is 13.6. The van der Waals surface area contributed by atoms with Crippen molar-refractivity contribution in [2.24, 2.45) is 0 Å². The third-order valence-corrected chi connectivity index (χ3v) is 6.13. The zero-order valence-corrected chi connectivity index (χ0v) is 19.5. The Labute approximate surface area is 202 Å². The van der Waals surface area contributed by atoms with Gasteiger partial charge in [-0.2, -0.15) is 0 Å². The Balaban J connectivity index is 1.44. The monoisotopic (exact) mass is 466 g/mol. The topological polar surface area (TPSA) is 78.2 Å². The number of carbonyl (C=O) groups excluding carboxylic acids is 1. The van der Waals surface area contributed by atoms with E-state index < -0.39 is 0 Å². The molecule has 7 nitrogen and oxygen atoms in total. The summed E-state index contributed by atoms with van der Waals surface area (Å²) in [6, 6.07) is 25.3. The Morgan fingerprint density at radius 3 is 2.46 bits per heavy atom. The normalized spacial score (nSPS) is 11.1. The number of hydrogen-bond donors (Lipinski definition) is 1. The van der Waals surface area contributed by atoms with Gasteiger partial charge in [0.2, 0.25) is 5.91 Å². The fourth-order valence-corrected chi connectivity index (χ4v) is 4.34. The van der Waals surface area contributed by atoms with Gasteiger partial charge in [-0.1, -0.05) is 60.7 Å². The molecule has 0 atom stereocenters. The molecule has 0 bridgehead atoms. The standard InChI is InChI=1S/C28H26N4O3/c1-35-22-13-11-21(12-14-22)17-31-19-30-26-23-9-5-6-10-24(23)32(27(26)28(31)34)18-25(33)29-16-15-20-7-3-2-4-8-20/h2-14,19H,15-18H2,1H3,(H,29,33). The minimum atomic E-state index is -0.181. The molecule has 0 fully saturated rings. The molecule has 5 rings (SSSR count).